The Labute approximate surface area is 231 Å². The number of aromatic nitrogens is 3. The van der Waals surface area contributed by atoms with Crippen LogP contribution in [0.2, 0.25) is 0 Å². The molecule has 1 saturated carbocycles. The molecule has 3 aromatic rings. The third kappa shape index (κ3) is 5.47. The average Bonchev–Trinajstić information content (AvgIpc) is 3.43. The quantitative estimate of drug-likeness (QED) is 0.384. The predicted octanol–water partition coefficient (Wildman–Crippen LogP) is 6.03. The number of nitrogens with zero attached hydrogens (tertiary/aromatic N) is 4. The van der Waals surface area contributed by atoms with E-state index in [0.717, 1.165) is 31.7 Å². The molecule has 1 aliphatic carbocycles. The number of pyridine rings is 1. The van der Waals surface area contributed by atoms with Crippen molar-refractivity contribution >= 4 is 32.7 Å². The van der Waals surface area contributed by atoms with Gasteiger partial charge >= 0.3 is 6.18 Å². The van der Waals surface area contributed by atoms with Gasteiger partial charge in [0.2, 0.25) is 16.0 Å². The molecular formula is C28H34F3N5O3S. The molecule has 0 radical (unpaired) electrons. The summed E-state index contributed by atoms with van der Waals surface area (Å²) >= 11 is 0. The van der Waals surface area contributed by atoms with Crippen LogP contribution in [0.5, 0.6) is 0 Å². The van der Waals surface area contributed by atoms with E-state index in [1.54, 1.807) is 19.1 Å². The highest BCUT2D eigenvalue weighted by molar-refractivity contribution is 7.89. The highest BCUT2D eigenvalue weighted by atomic mass is 32.2. The maximum atomic E-state index is 13.6. The second-order valence-electron chi connectivity index (χ2n) is 11.2. The van der Waals surface area contributed by atoms with E-state index >= 15 is 0 Å². The summed E-state index contributed by atoms with van der Waals surface area (Å²) in [6.07, 6.45) is 1.03. The Kier molecular flexibility index (Phi) is 7.68. The molecule has 8 nitrogen and oxygen atoms in total. The number of aryl methyl sites for hydroxylation is 1. The van der Waals surface area contributed by atoms with Gasteiger partial charge in [-0.3, -0.25) is 9.36 Å². The van der Waals surface area contributed by atoms with Gasteiger partial charge in [-0.15, -0.1) is 0 Å². The molecule has 2 aliphatic rings. The normalized spacial score (nSPS) is 18.2. The Morgan fingerprint density at radius 3 is 2.33 bits per heavy atom. The van der Waals surface area contributed by atoms with Gasteiger partial charge in [0.1, 0.15) is 11.2 Å². The van der Waals surface area contributed by atoms with Crippen molar-refractivity contribution in [1.82, 2.24) is 18.8 Å². The number of fused-ring (bicyclic) bond motifs is 1. The topological polar surface area (TPSA) is 97.2 Å². The first-order valence-corrected chi connectivity index (χ1v) is 15.2. The first kappa shape index (κ1) is 28.5. The lowest BCUT2D eigenvalue weighted by Gasteiger charge is -2.33. The summed E-state index contributed by atoms with van der Waals surface area (Å²) in [5, 5.41) is 3.18. The van der Waals surface area contributed by atoms with Crippen molar-refractivity contribution in [3.63, 3.8) is 0 Å². The SMILES string of the molecule is Cc1cc(S(=O)(=O)N2CCC(C(C)C)CC2)ccc1Nc1ncc2cc(C(F)(F)F)c(=O)n(C3CCCC3)c2n1. The van der Waals surface area contributed by atoms with Crippen molar-refractivity contribution < 1.29 is 21.6 Å². The average molecular weight is 578 g/mol. The van der Waals surface area contributed by atoms with Crippen LogP contribution in [0.3, 0.4) is 0 Å². The van der Waals surface area contributed by atoms with Crippen LogP contribution < -0.4 is 10.9 Å². The Morgan fingerprint density at radius 2 is 1.73 bits per heavy atom. The summed E-state index contributed by atoms with van der Waals surface area (Å²) in [7, 11) is -3.64. The van der Waals surface area contributed by atoms with E-state index in [-0.39, 0.29) is 27.9 Å². The van der Waals surface area contributed by atoms with Crippen LogP contribution in [0.15, 0.2) is 40.2 Å². The Bertz CT molecular complexity index is 1570. The predicted molar refractivity (Wildman–Crippen MR) is 147 cm³/mol. The summed E-state index contributed by atoms with van der Waals surface area (Å²) < 4.78 is 70.2. The van der Waals surface area contributed by atoms with E-state index in [1.165, 1.54) is 21.1 Å². The Morgan fingerprint density at radius 1 is 1.05 bits per heavy atom. The monoisotopic (exact) mass is 577 g/mol. The van der Waals surface area contributed by atoms with Crippen LogP contribution in [0.4, 0.5) is 24.8 Å². The van der Waals surface area contributed by atoms with Crippen molar-refractivity contribution in [2.75, 3.05) is 18.4 Å². The lowest BCUT2D eigenvalue weighted by molar-refractivity contribution is -0.138. The van der Waals surface area contributed by atoms with Gasteiger partial charge in [0.05, 0.1) is 4.90 Å². The molecule has 40 heavy (non-hydrogen) atoms. The van der Waals surface area contributed by atoms with Crippen LogP contribution in [-0.4, -0.2) is 40.3 Å². The molecule has 2 fully saturated rings. The van der Waals surface area contributed by atoms with Crippen molar-refractivity contribution in [3.8, 4) is 0 Å². The van der Waals surface area contributed by atoms with E-state index in [9.17, 15) is 26.4 Å². The first-order chi connectivity index (χ1) is 18.9. The molecule has 1 N–H and O–H groups in total. The fourth-order valence-corrected chi connectivity index (χ4v) is 7.43. The van der Waals surface area contributed by atoms with Gasteiger partial charge in [0.25, 0.3) is 5.56 Å². The third-order valence-corrected chi connectivity index (χ3v) is 10.2. The van der Waals surface area contributed by atoms with E-state index in [1.807, 2.05) is 0 Å². The highest BCUT2D eigenvalue weighted by Gasteiger charge is 2.37. The van der Waals surface area contributed by atoms with Crippen LogP contribution in [0.25, 0.3) is 11.0 Å². The lowest BCUT2D eigenvalue weighted by Crippen LogP contribution is -2.39. The minimum Gasteiger partial charge on any atom is -0.324 e. The zero-order chi connectivity index (χ0) is 28.8. The second kappa shape index (κ2) is 10.8. The number of halogens is 3. The number of sulfonamides is 1. The summed E-state index contributed by atoms with van der Waals surface area (Å²) in [5.74, 6) is 1.15. The van der Waals surface area contributed by atoms with Gasteiger partial charge in [-0.05, 0) is 74.3 Å². The molecule has 5 rings (SSSR count). The molecule has 0 spiro atoms. The highest BCUT2D eigenvalue weighted by Crippen LogP contribution is 2.34. The number of hydrogen-bond acceptors (Lipinski definition) is 6. The van der Waals surface area contributed by atoms with E-state index in [0.29, 0.717) is 49.0 Å². The molecular weight excluding hydrogens is 543 g/mol. The number of rotatable bonds is 6. The maximum Gasteiger partial charge on any atom is 0.421 e. The smallest absolute Gasteiger partial charge is 0.324 e. The summed E-state index contributed by atoms with van der Waals surface area (Å²) in [4.78, 5) is 21.8. The number of benzene rings is 1. The number of alkyl halides is 3. The van der Waals surface area contributed by atoms with Gasteiger partial charge in [0, 0.05) is 36.4 Å². The van der Waals surface area contributed by atoms with Gasteiger partial charge in [-0.25, -0.2) is 13.4 Å². The van der Waals surface area contributed by atoms with Crippen LogP contribution in [0.1, 0.15) is 69.5 Å². The molecule has 0 atom stereocenters. The zero-order valence-corrected chi connectivity index (χ0v) is 23.6. The Hall–Kier alpha value is -2.99. The second-order valence-corrected chi connectivity index (χ2v) is 13.2. The van der Waals surface area contributed by atoms with Crippen LogP contribution >= 0.6 is 0 Å². The van der Waals surface area contributed by atoms with Crippen LogP contribution in [0, 0.1) is 18.8 Å². The van der Waals surface area contributed by atoms with Gasteiger partial charge < -0.3 is 5.32 Å². The maximum absolute atomic E-state index is 13.6. The molecule has 1 saturated heterocycles. The lowest BCUT2D eigenvalue weighted by atomic mass is 9.87. The number of piperidine rings is 1. The molecule has 12 heteroatoms. The molecule has 1 aliphatic heterocycles. The number of hydrogen-bond donors (Lipinski definition) is 1. The summed E-state index contributed by atoms with van der Waals surface area (Å²) in [6.45, 7) is 7.08. The molecule has 0 bridgehead atoms. The van der Waals surface area contributed by atoms with Crippen molar-refractivity contribution in [1.29, 1.82) is 0 Å². The van der Waals surface area contributed by atoms with E-state index in [2.05, 4.69) is 29.1 Å². The minimum atomic E-state index is -4.79. The summed E-state index contributed by atoms with van der Waals surface area (Å²) in [5.41, 5.74) is -0.984. The number of nitrogens with one attached hydrogen (secondary N) is 1. The summed E-state index contributed by atoms with van der Waals surface area (Å²) in [6, 6.07) is 5.20. The fraction of sp³-hybridized carbons (Fsp3) is 0.536. The molecule has 0 amide bonds. The third-order valence-electron chi connectivity index (χ3n) is 8.29. The standard InChI is InChI=1S/C28H34F3N5O3S/c1-17(2)19-10-12-35(13-11-19)40(38,39)22-8-9-24(18(3)14-22)33-27-32-16-20-15-23(28(29,30)31)26(37)36(25(20)34-27)21-6-4-5-7-21/h8-9,14-17,19,21H,4-7,10-13H2,1-3H3,(H,32,33,34). The largest absolute Gasteiger partial charge is 0.421 e. The molecule has 2 aromatic heterocycles. The zero-order valence-electron chi connectivity index (χ0n) is 22.8. The van der Waals surface area contributed by atoms with E-state index < -0.39 is 27.3 Å². The van der Waals surface area contributed by atoms with Gasteiger partial charge in [-0.2, -0.15) is 22.5 Å². The van der Waals surface area contributed by atoms with Crippen LogP contribution in [-0.2, 0) is 16.2 Å². The fourth-order valence-electron chi connectivity index (χ4n) is 5.87. The van der Waals surface area contributed by atoms with Gasteiger partial charge in [-0.1, -0.05) is 26.7 Å². The van der Waals surface area contributed by atoms with E-state index in [4.69, 9.17) is 0 Å². The molecule has 1 aromatic carbocycles. The number of anilines is 2. The molecule has 0 unspecified atom stereocenters. The van der Waals surface area contributed by atoms with Crippen molar-refractivity contribution in [3.05, 3.63) is 51.9 Å². The van der Waals surface area contributed by atoms with Gasteiger partial charge in [0.15, 0.2) is 0 Å². The first-order valence-electron chi connectivity index (χ1n) is 13.7. The Balaban J connectivity index is 1.44. The molecule has 216 valence electrons. The minimum absolute atomic E-state index is 0.105. The molecule has 3 heterocycles. The van der Waals surface area contributed by atoms with Crippen molar-refractivity contribution in [2.45, 2.75) is 76.4 Å². The van der Waals surface area contributed by atoms with Crippen molar-refractivity contribution in [2.24, 2.45) is 11.8 Å².